The van der Waals surface area contributed by atoms with Gasteiger partial charge in [-0.1, -0.05) is 38.3 Å². The maximum Gasteiger partial charge on any atom is 0.119 e. The van der Waals surface area contributed by atoms with Crippen LogP contribution in [-0.4, -0.2) is 26.4 Å². The highest BCUT2D eigenvalue weighted by Gasteiger charge is 2.16. The first kappa shape index (κ1) is 16.3. The lowest BCUT2D eigenvalue weighted by molar-refractivity contribution is 0.0812. The monoisotopic (exact) mass is 291 g/mol. The van der Waals surface area contributed by atoms with Crippen LogP contribution in [0.5, 0.6) is 5.75 Å². The largest absolute Gasteiger partial charge is 0.491 e. The van der Waals surface area contributed by atoms with Gasteiger partial charge in [-0.05, 0) is 43.0 Å². The summed E-state index contributed by atoms with van der Waals surface area (Å²) in [4.78, 5) is 0. The van der Waals surface area contributed by atoms with E-state index in [1.54, 1.807) is 0 Å². The summed E-state index contributed by atoms with van der Waals surface area (Å²) in [6, 6.07) is 8.32. The van der Waals surface area contributed by atoms with Crippen LogP contribution in [0.25, 0.3) is 0 Å². The van der Waals surface area contributed by atoms with Crippen molar-refractivity contribution in [2.45, 2.75) is 45.6 Å². The summed E-state index contributed by atoms with van der Waals surface area (Å²) < 4.78 is 11.3. The van der Waals surface area contributed by atoms with Crippen LogP contribution in [0.15, 0.2) is 24.3 Å². The predicted octanol–water partition coefficient (Wildman–Crippen LogP) is 3.77. The molecule has 1 aromatic rings. The van der Waals surface area contributed by atoms with Gasteiger partial charge in [0.1, 0.15) is 12.4 Å². The van der Waals surface area contributed by atoms with Gasteiger partial charge >= 0.3 is 0 Å². The van der Waals surface area contributed by atoms with Crippen LogP contribution >= 0.6 is 0 Å². The summed E-state index contributed by atoms with van der Waals surface area (Å²) in [6.45, 7) is 6.38. The number of hydrogen-bond donors (Lipinski definition) is 1. The lowest BCUT2D eigenvalue weighted by atomic mass is 9.83. The zero-order valence-electron chi connectivity index (χ0n) is 13.3. The van der Waals surface area contributed by atoms with E-state index in [2.05, 4.69) is 24.4 Å². The molecule has 2 rings (SSSR count). The maximum atomic E-state index is 5.69. The fourth-order valence-electron chi connectivity index (χ4n) is 2.47. The third kappa shape index (κ3) is 6.49. The lowest BCUT2D eigenvalue weighted by Gasteiger charge is -2.24. The van der Waals surface area contributed by atoms with Gasteiger partial charge in [-0.3, -0.25) is 0 Å². The smallest absolute Gasteiger partial charge is 0.119 e. The standard InChI is InChI=1S/C18H29NO2/c1-2-11-19-15-17-6-8-18(9-7-17)21-14-13-20-12-10-16-4-3-5-16/h6-9,16,19H,2-5,10-15H2,1H3. The molecule has 1 aliphatic rings. The van der Waals surface area contributed by atoms with Crippen molar-refractivity contribution in [2.24, 2.45) is 5.92 Å². The summed E-state index contributed by atoms with van der Waals surface area (Å²) in [7, 11) is 0. The van der Waals surface area contributed by atoms with Crippen LogP contribution < -0.4 is 10.1 Å². The van der Waals surface area contributed by atoms with E-state index in [-0.39, 0.29) is 0 Å². The van der Waals surface area contributed by atoms with Gasteiger partial charge in [0.05, 0.1) is 6.61 Å². The number of hydrogen-bond acceptors (Lipinski definition) is 3. The van der Waals surface area contributed by atoms with E-state index in [9.17, 15) is 0 Å². The first-order valence-corrected chi connectivity index (χ1v) is 8.38. The first-order chi connectivity index (χ1) is 10.4. The zero-order valence-corrected chi connectivity index (χ0v) is 13.3. The van der Waals surface area contributed by atoms with Gasteiger partial charge in [0.2, 0.25) is 0 Å². The molecule has 0 aromatic heterocycles. The maximum absolute atomic E-state index is 5.69. The van der Waals surface area contributed by atoms with Crippen molar-refractivity contribution in [3.05, 3.63) is 29.8 Å². The van der Waals surface area contributed by atoms with Crippen molar-refractivity contribution >= 4 is 0 Å². The molecule has 0 bridgehead atoms. The minimum atomic E-state index is 0.637. The molecule has 1 saturated carbocycles. The fraction of sp³-hybridized carbons (Fsp3) is 0.667. The van der Waals surface area contributed by atoms with Crippen LogP contribution in [0.1, 0.15) is 44.6 Å². The molecule has 0 unspecified atom stereocenters. The Bertz CT molecular complexity index is 373. The number of nitrogens with one attached hydrogen (secondary N) is 1. The normalized spacial score (nSPS) is 14.9. The molecular weight excluding hydrogens is 262 g/mol. The topological polar surface area (TPSA) is 30.5 Å². The van der Waals surface area contributed by atoms with E-state index < -0.39 is 0 Å². The Morgan fingerprint density at radius 1 is 1.10 bits per heavy atom. The van der Waals surface area contributed by atoms with Crippen LogP contribution in [0.4, 0.5) is 0 Å². The van der Waals surface area contributed by atoms with E-state index in [0.717, 1.165) is 31.4 Å². The minimum absolute atomic E-state index is 0.637. The average molecular weight is 291 g/mol. The minimum Gasteiger partial charge on any atom is -0.491 e. The van der Waals surface area contributed by atoms with Crippen molar-refractivity contribution in [1.29, 1.82) is 0 Å². The molecule has 0 heterocycles. The Kier molecular flexibility index (Phi) is 7.61. The molecule has 0 atom stereocenters. The Morgan fingerprint density at radius 2 is 1.90 bits per heavy atom. The summed E-state index contributed by atoms with van der Waals surface area (Å²) in [5.41, 5.74) is 1.30. The molecule has 3 nitrogen and oxygen atoms in total. The lowest BCUT2D eigenvalue weighted by Crippen LogP contribution is -2.15. The third-order valence-corrected chi connectivity index (χ3v) is 4.07. The van der Waals surface area contributed by atoms with E-state index in [4.69, 9.17) is 9.47 Å². The number of ether oxygens (including phenoxy) is 2. The molecule has 3 heteroatoms. The summed E-state index contributed by atoms with van der Waals surface area (Å²) >= 11 is 0. The SMILES string of the molecule is CCCNCc1ccc(OCCOCCC2CCC2)cc1. The summed E-state index contributed by atoms with van der Waals surface area (Å²) in [5, 5.41) is 3.39. The van der Waals surface area contributed by atoms with Crippen LogP contribution in [-0.2, 0) is 11.3 Å². The first-order valence-electron chi connectivity index (χ1n) is 8.38. The van der Waals surface area contributed by atoms with Gasteiger partial charge in [0.25, 0.3) is 0 Å². The Labute approximate surface area is 129 Å². The second kappa shape index (κ2) is 9.80. The Balaban J connectivity index is 1.51. The van der Waals surface area contributed by atoms with Crippen LogP contribution in [0.3, 0.4) is 0 Å². The molecule has 21 heavy (non-hydrogen) atoms. The second-order valence-electron chi connectivity index (χ2n) is 5.87. The fourth-order valence-corrected chi connectivity index (χ4v) is 2.47. The third-order valence-electron chi connectivity index (χ3n) is 4.07. The molecule has 0 saturated heterocycles. The average Bonchev–Trinajstić information content (AvgIpc) is 2.46. The molecule has 1 aliphatic carbocycles. The van der Waals surface area contributed by atoms with E-state index in [1.165, 1.54) is 37.7 Å². The van der Waals surface area contributed by atoms with Gasteiger partial charge in [0, 0.05) is 13.2 Å². The molecular formula is C18H29NO2. The van der Waals surface area contributed by atoms with Crippen molar-refractivity contribution in [3.63, 3.8) is 0 Å². The van der Waals surface area contributed by atoms with Gasteiger partial charge < -0.3 is 14.8 Å². The summed E-state index contributed by atoms with van der Waals surface area (Å²) in [6.07, 6.45) is 6.61. The molecule has 1 N–H and O–H groups in total. The highest BCUT2D eigenvalue weighted by Crippen LogP contribution is 2.29. The molecule has 0 aliphatic heterocycles. The molecule has 0 amide bonds. The Morgan fingerprint density at radius 3 is 2.57 bits per heavy atom. The van der Waals surface area contributed by atoms with Gasteiger partial charge in [-0.25, -0.2) is 0 Å². The molecule has 118 valence electrons. The van der Waals surface area contributed by atoms with Crippen LogP contribution in [0, 0.1) is 5.92 Å². The highest BCUT2D eigenvalue weighted by molar-refractivity contribution is 5.27. The van der Waals surface area contributed by atoms with Gasteiger partial charge in [0.15, 0.2) is 0 Å². The Hall–Kier alpha value is -1.06. The molecule has 1 aromatic carbocycles. The highest BCUT2D eigenvalue weighted by atomic mass is 16.5. The van der Waals surface area contributed by atoms with Crippen molar-refractivity contribution in [1.82, 2.24) is 5.32 Å². The molecule has 1 fully saturated rings. The number of benzene rings is 1. The van der Waals surface area contributed by atoms with Crippen molar-refractivity contribution in [2.75, 3.05) is 26.4 Å². The van der Waals surface area contributed by atoms with Crippen molar-refractivity contribution < 1.29 is 9.47 Å². The summed E-state index contributed by atoms with van der Waals surface area (Å²) in [5.74, 6) is 1.86. The predicted molar refractivity (Wildman–Crippen MR) is 86.7 cm³/mol. The zero-order chi connectivity index (χ0) is 14.8. The molecule has 0 spiro atoms. The second-order valence-corrected chi connectivity index (χ2v) is 5.87. The van der Waals surface area contributed by atoms with Gasteiger partial charge in [-0.15, -0.1) is 0 Å². The van der Waals surface area contributed by atoms with Gasteiger partial charge in [-0.2, -0.15) is 0 Å². The van der Waals surface area contributed by atoms with E-state index in [1.807, 2.05) is 12.1 Å². The molecule has 0 radical (unpaired) electrons. The number of rotatable bonds is 11. The van der Waals surface area contributed by atoms with Crippen molar-refractivity contribution in [3.8, 4) is 5.75 Å². The van der Waals surface area contributed by atoms with E-state index >= 15 is 0 Å². The quantitative estimate of drug-likeness (QED) is 0.630. The van der Waals surface area contributed by atoms with E-state index in [0.29, 0.717) is 13.2 Å². The van der Waals surface area contributed by atoms with Crippen LogP contribution in [0.2, 0.25) is 0 Å².